The summed E-state index contributed by atoms with van der Waals surface area (Å²) in [6.45, 7) is 7.89. The molecule has 1 fully saturated rings. The number of nitrogens with one attached hydrogen (secondary N) is 1. The normalized spacial score (nSPS) is 16.9. The van der Waals surface area contributed by atoms with E-state index < -0.39 is 45.0 Å². The van der Waals surface area contributed by atoms with E-state index in [9.17, 15) is 31.2 Å². The summed E-state index contributed by atoms with van der Waals surface area (Å²) in [5.41, 5.74) is -6.31. The van der Waals surface area contributed by atoms with Crippen molar-refractivity contribution in [3.05, 3.63) is 29.8 Å². The van der Waals surface area contributed by atoms with Gasteiger partial charge in [0.25, 0.3) is 0 Å². The van der Waals surface area contributed by atoms with Gasteiger partial charge in [-0.25, -0.2) is 4.79 Å². The molecule has 1 aromatic carbocycles. The lowest BCUT2D eigenvalue weighted by molar-refractivity contribution is -0.133. The first-order chi connectivity index (χ1) is 19.1. The van der Waals surface area contributed by atoms with Crippen LogP contribution in [0.5, 0.6) is 5.75 Å². The Hall–Kier alpha value is -2.66. The molecule has 1 heterocycles. The Morgan fingerprint density at radius 3 is 2.15 bits per heavy atom. The van der Waals surface area contributed by atoms with E-state index in [2.05, 4.69) is 9.50 Å². The summed E-state index contributed by atoms with van der Waals surface area (Å²) in [6, 6.07) is 2.99. The SMILES string of the molecule is COCCOCCOCCO[C@H]1CCN(C(=O)[C@@H](NC(=O)OC(C)(C)C)c2ccc(OS(=O)(=O)C(F)(F)F)cc2)C1. The lowest BCUT2D eigenvalue weighted by Crippen LogP contribution is -2.44. The minimum Gasteiger partial charge on any atom is -0.444 e. The first-order valence-corrected chi connectivity index (χ1v) is 14.2. The summed E-state index contributed by atoms with van der Waals surface area (Å²) >= 11 is 0. The standard InChI is InChI=1S/C25H37F3N2O10S/c1-24(2,3)39-23(32)29-21(18-5-7-19(8-6-18)40-41(33,34)25(26,27)28)22(31)30-10-9-20(17-30)38-16-15-37-14-13-36-12-11-35-4/h5-8,20-21H,9-17H2,1-4H3,(H,29,32)/t20-,21-/m0/s1. The van der Waals surface area contributed by atoms with Crippen molar-refractivity contribution in [2.24, 2.45) is 0 Å². The molecule has 0 radical (unpaired) electrons. The number of alkyl carbamates (subject to hydrolysis) is 1. The van der Waals surface area contributed by atoms with Crippen molar-refractivity contribution in [3.8, 4) is 5.75 Å². The van der Waals surface area contributed by atoms with Gasteiger partial charge in [0.2, 0.25) is 5.91 Å². The Balaban J connectivity index is 2.00. The number of alkyl halides is 3. The van der Waals surface area contributed by atoms with Gasteiger partial charge in [-0.2, -0.15) is 21.6 Å². The second kappa shape index (κ2) is 15.5. The zero-order valence-corrected chi connectivity index (χ0v) is 24.2. The van der Waals surface area contributed by atoms with E-state index in [0.29, 0.717) is 52.6 Å². The van der Waals surface area contributed by atoms with E-state index in [1.165, 1.54) is 17.0 Å². The molecule has 0 aliphatic carbocycles. The van der Waals surface area contributed by atoms with Crippen LogP contribution in [0.15, 0.2) is 24.3 Å². The number of amides is 2. The van der Waals surface area contributed by atoms with Gasteiger partial charge in [-0.05, 0) is 44.9 Å². The largest absolute Gasteiger partial charge is 0.534 e. The number of hydrogen-bond donors (Lipinski definition) is 1. The summed E-state index contributed by atoms with van der Waals surface area (Å²) in [5.74, 6) is -1.13. The third-order valence-corrected chi connectivity index (χ3v) is 6.43. The van der Waals surface area contributed by atoms with Crippen molar-refractivity contribution in [1.29, 1.82) is 0 Å². The number of benzene rings is 1. The van der Waals surface area contributed by atoms with Crippen LogP contribution in [0, 0.1) is 0 Å². The molecule has 2 atom stereocenters. The topological polar surface area (TPSA) is 139 Å². The molecule has 1 aromatic rings. The highest BCUT2D eigenvalue weighted by molar-refractivity contribution is 7.88. The molecule has 0 spiro atoms. The number of halogens is 3. The number of hydrogen-bond acceptors (Lipinski definition) is 10. The van der Waals surface area contributed by atoms with Gasteiger partial charge in [0.05, 0.1) is 45.7 Å². The van der Waals surface area contributed by atoms with Gasteiger partial charge in [-0.15, -0.1) is 0 Å². The van der Waals surface area contributed by atoms with Gasteiger partial charge in [-0.1, -0.05) is 12.1 Å². The summed E-state index contributed by atoms with van der Waals surface area (Å²) < 4.78 is 91.3. The van der Waals surface area contributed by atoms with Crippen molar-refractivity contribution < 1.29 is 59.0 Å². The van der Waals surface area contributed by atoms with Gasteiger partial charge in [-0.3, -0.25) is 4.79 Å². The van der Waals surface area contributed by atoms with Gasteiger partial charge in [0.15, 0.2) is 0 Å². The van der Waals surface area contributed by atoms with Crippen molar-refractivity contribution in [3.63, 3.8) is 0 Å². The molecule has 16 heteroatoms. The molecular weight excluding hydrogens is 577 g/mol. The minimum atomic E-state index is -5.88. The van der Waals surface area contributed by atoms with E-state index in [1.54, 1.807) is 27.9 Å². The number of carbonyl (C=O) groups excluding carboxylic acids is 2. The Morgan fingerprint density at radius 1 is 1.00 bits per heavy atom. The summed E-state index contributed by atoms with van der Waals surface area (Å²) in [7, 11) is -4.29. The van der Waals surface area contributed by atoms with E-state index in [1.807, 2.05) is 0 Å². The average molecular weight is 615 g/mol. The van der Waals surface area contributed by atoms with E-state index >= 15 is 0 Å². The molecule has 1 N–H and O–H groups in total. The van der Waals surface area contributed by atoms with Crippen molar-refractivity contribution in [2.45, 2.75) is 50.4 Å². The van der Waals surface area contributed by atoms with E-state index in [0.717, 1.165) is 12.1 Å². The fraction of sp³-hybridized carbons (Fsp3) is 0.680. The molecule has 1 aliphatic heterocycles. The summed E-state index contributed by atoms with van der Waals surface area (Å²) in [5, 5.41) is 2.49. The Bertz CT molecular complexity index is 1080. The van der Waals surface area contributed by atoms with Crippen LogP contribution in [0.4, 0.5) is 18.0 Å². The van der Waals surface area contributed by atoms with Crippen LogP contribution >= 0.6 is 0 Å². The Kier molecular flexibility index (Phi) is 13.1. The molecule has 0 aromatic heterocycles. The first kappa shape index (κ1) is 34.5. The first-order valence-electron chi connectivity index (χ1n) is 12.8. The Morgan fingerprint density at radius 2 is 1.59 bits per heavy atom. The number of carbonyl (C=O) groups is 2. The Labute approximate surface area is 237 Å². The van der Waals surface area contributed by atoms with Crippen molar-refractivity contribution in [2.75, 3.05) is 59.8 Å². The molecule has 0 saturated carbocycles. The number of ether oxygens (including phenoxy) is 5. The summed E-state index contributed by atoms with van der Waals surface area (Å²) in [4.78, 5) is 27.4. The average Bonchev–Trinajstić information content (AvgIpc) is 3.33. The maximum absolute atomic E-state index is 13.4. The van der Waals surface area contributed by atoms with Crippen LogP contribution in [0.25, 0.3) is 0 Å². The smallest absolute Gasteiger partial charge is 0.444 e. The third-order valence-electron chi connectivity index (χ3n) is 5.45. The van der Waals surface area contributed by atoms with Crippen LogP contribution in [-0.4, -0.2) is 102 Å². The highest BCUT2D eigenvalue weighted by atomic mass is 32.2. The lowest BCUT2D eigenvalue weighted by atomic mass is 10.1. The highest BCUT2D eigenvalue weighted by Gasteiger charge is 2.48. The maximum atomic E-state index is 13.4. The highest BCUT2D eigenvalue weighted by Crippen LogP contribution is 2.28. The number of nitrogens with zero attached hydrogens (tertiary/aromatic N) is 1. The zero-order valence-electron chi connectivity index (χ0n) is 23.4. The van der Waals surface area contributed by atoms with Crippen molar-refractivity contribution in [1.82, 2.24) is 10.2 Å². The van der Waals surface area contributed by atoms with E-state index in [-0.39, 0.29) is 18.2 Å². The van der Waals surface area contributed by atoms with Gasteiger partial charge in [0, 0.05) is 20.2 Å². The van der Waals surface area contributed by atoms with Crippen LogP contribution in [0.2, 0.25) is 0 Å². The molecular formula is C25H37F3N2O10S. The molecule has 41 heavy (non-hydrogen) atoms. The van der Waals surface area contributed by atoms with E-state index in [4.69, 9.17) is 23.7 Å². The summed E-state index contributed by atoms with van der Waals surface area (Å²) in [6.07, 6.45) is -0.634. The lowest BCUT2D eigenvalue weighted by Gasteiger charge is -2.27. The number of likely N-dealkylation sites (tertiary alicyclic amines) is 1. The fourth-order valence-electron chi connectivity index (χ4n) is 3.59. The van der Waals surface area contributed by atoms with Crippen molar-refractivity contribution >= 4 is 22.1 Å². The predicted molar refractivity (Wildman–Crippen MR) is 139 cm³/mol. The van der Waals surface area contributed by atoms with Crippen LogP contribution < -0.4 is 9.50 Å². The van der Waals surface area contributed by atoms with Crippen LogP contribution in [-0.2, 0) is 38.6 Å². The minimum absolute atomic E-state index is 0.170. The number of methoxy groups -OCH3 is 1. The number of rotatable bonds is 15. The van der Waals surface area contributed by atoms with Gasteiger partial charge < -0.3 is 38.1 Å². The molecule has 12 nitrogen and oxygen atoms in total. The zero-order chi connectivity index (χ0) is 30.7. The second-order valence-electron chi connectivity index (χ2n) is 9.91. The maximum Gasteiger partial charge on any atom is 0.534 e. The van der Waals surface area contributed by atoms with Crippen LogP contribution in [0.1, 0.15) is 38.8 Å². The third kappa shape index (κ3) is 12.0. The molecule has 2 rings (SSSR count). The molecule has 2 amide bonds. The molecule has 1 aliphatic rings. The van der Waals surface area contributed by atoms with Crippen LogP contribution in [0.3, 0.4) is 0 Å². The predicted octanol–water partition coefficient (Wildman–Crippen LogP) is 2.78. The van der Waals surface area contributed by atoms with Gasteiger partial charge >= 0.3 is 21.7 Å². The molecule has 234 valence electrons. The quantitative estimate of drug-likeness (QED) is 0.178. The monoisotopic (exact) mass is 614 g/mol. The van der Waals surface area contributed by atoms with Gasteiger partial charge in [0.1, 0.15) is 17.4 Å². The fourth-order valence-corrected chi connectivity index (χ4v) is 4.05. The molecule has 0 bridgehead atoms. The molecule has 0 unspecified atom stereocenters. The molecule has 1 saturated heterocycles. The second-order valence-corrected chi connectivity index (χ2v) is 11.5.